The van der Waals surface area contributed by atoms with Gasteiger partial charge in [-0.1, -0.05) is 6.92 Å². The molecule has 1 rings (SSSR count). The molecule has 0 aliphatic heterocycles. The largest absolute Gasteiger partial charge is 0.452 e. The fourth-order valence-corrected chi connectivity index (χ4v) is 2.85. The van der Waals surface area contributed by atoms with Crippen LogP contribution >= 0.6 is 0 Å². The second kappa shape index (κ2) is 8.74. The van der Waals surface area contributed by atoms with Crippen LogP contribution in [-0.4, -0.2) is 50.8 Å². The molecule has 0 aliphatic carbocycles. The molecule has 0 unspecified atom stereocenters. The first-order valence-electron chi connectivity index (χ1n) is 7.37. The van der Waals surface area contributed by atoms with E-state index in [1.807, 2.05) is 6.92 Å². The van der Waals surface area contributed by atoms with Gasteiger partial charge in [0.1, 0.15) is 12.4 Å². The summed E-state index contributed by atoms with van der Waals surface area (Å²) >= 11 is 0. The molecule has 9 heteroatoms. The van der Waals surface area contributed by atoms with Gasteiger partial charge in [-0.05, 0) is 37.6 Å². The Morgan fingerprint density at radius 3 is 2.42 bits per heavy atom. The van der Waals surface area contributed by atoms with E-state index in [1.165, 1.54) is 14.0 Å². The molecule has 1 aromatic rings. The summed E-state index contributed by atoms with van der Waals surface area (Å²) in [6.45, 7) is 3.17. The summed E-state index contributed by atoms with van der Waals surface area (Å²) in [5.41, 5.74) is 0. The maximum absolute atomic E-state index is 12.9. The number of carbonyl (C=O) groups is 2. The van der Waals surface area contributed by atoms with Crippen molar-refractivity contribution in [1.82, 2.24) is 9.62 Å². The van der Waals surface area contributed by atoms with Crippen molar-refractivity contribution in [2.24, 2.45) is 0 Å². The standard InChI is InChI=1S/C15H21FN2O5S/c1-4-9-17-15(20)11(2)23-14(19)10-18(3)24(21,22)13-7-5-12(16)6-8-13/h5-8,11H,4,9-10H2,1-3H3,(H,17,20)/t11-/m1/s1. The van der Waals surface area contributed by atoms with Crippen LogP contribution in [-0.2, 0) is 24.3 Å². The molecule has 1 N–H and O–H groups in total. The second-order valence-electron chi connectivity index (χ2n) is 5.14. The highest BCUT2D eigenvalue weighted by Gasteiger charge is 2.25. The van der Waals surface area contributed by atoms with Crippen molar-refractivity contribution in [3.8, 4) is 0 Å². The Bertz CT molecular complexity index is 676. The quantitative estimate of drug-likeness (QED) is 0.696. The molecule has 1 aromatic carbocycles. The number of hydrogen-bond acceptors (Lipinski definition) is 5. The minimum absolute atomic E-state index is 0.145. The monoisotopic (exact) mass is 360 g/mol. The second-order valence-corrected chi connectivity index (χ2v) is 7.18. The lowest BCUT2D eigenvalue weighted by molar-refractivity contribution is -0.154. The molecular formula is C15H21FN2O5S. The average molecular weight is 360 g/mol. The minimum Gasteiger partial charge on any atom is -0.452 e. The number of ether oxygens (including phenoxy) is 1. The number of nitrogens with one attached hydrogen (secondary N) is 1. The van der Waals surface area contributed by atoms with Crippen LogP contribution in [0.4, 0.5) is 4.39 Å². The van der Waals surface area contributed by atoms with Crippen LogP contribution in [0.15, 0.2) is 29.2 Å². The van der Waals surface area contributed by atoms with Crippen molar-refractivity contribution < 1.29 is 27.1 Å². The van der Waals surface area contributed by atoms with Crippen LogP contribution in [0.3, 0.4) is 0 Å². The van der Waals surface area contributed by atoms with Crippen molar-refractivity contribution >= 4 is 21.9 Å². The zero-order valence-electron chi connectivity index (χ0n) is 13.8. The van der Waals surface area contributed by atoms with Crippen LogP contribution in [0.25, 0.3) is 0 Å². The van der Waals surface area contributed by atoms with Gasteiger partial charge in [0, 0.05) is 13.6 Å². The maximum atomic E-state index is 12.9. The van der Waals surface area contributed by atoms with Gasteiger partial charge in [-0.3, -0.25) is 9.59 Å². The topological polar surface area (TPSA) is 92.8 Å². The number of rotatable bonds is 8. The van der Waals surface area contributed by atoms with Crippen LogP contribution in [0.2, 0.25) is 0 Å². The Labute approximate surface area is 140 Å². The van der Waals surface area contributed by atoms with Crippen LogP contribution in [0.5, 0.6) is 0 Å². The van der Waals surface area contributed by atoms with E-state index >= 15 is 0 Å². The summed E-state index contributed by atoms with van der Waals surface area (Å²) in [5.74, 6) is -1.88. The zero-order chi connectivity index (χ0) is 18.3. The van der Waals surface area contributed by atoms with Crippen molar-refractivity contribution in [3.05, 3.63) is 30.1 Å². The van der Waals surface area contributed by atoms with Crippen LogP contribution < -0.4 is 5.32 Å². The molecule has 24 heavy (non-hydrogen) atoms. The highest BCUT2D eigenvalue weighted by molar-refractivity contribution is 7.89. The van der Waals surface area contributed by atoms with E-state index < -0.39 is 40.4 Å². The Hall–Kier alpha value is -2.00. The molecule has 0 saturated carbocycles. The normalized spacial score (nSPS) is 12.7. The molecule has 0 aliphatic rings. The molecule has 0 spiro atoms. The van der Waals surface area contributed by atoms with E-state index in [9.17, 15) is 22.4 Å². The SMILES string of the molecule is CCCNC(=O)[C@@H](C)OC(=O)CN(C)S(=O)(=O)c1ccc(F)cc1. The molecule has 0 fully saturated rings. The third-order valence-electron chi connectivity index (χ3n) is 3.10. The maximum Gasteiger partial charge on any atom is 0.322 e. The molecule has 1 atom stereocenters. The summed E-state index contributed by atoms with van der Waals surface area (Å²) in [7, 11) is -2.76. The number of likely N-dealkylation sites (N-methyl/N-ethyl adjacent to an activating group) is 1. The fraction of sp³-hybridized carbons (Fsp3) is 0.467. The first-order chi connectivity index (χ1) is 11.2. The number of sulfonamides is 1. The van der Waals surface area contributed by atoms with Gasteiger partial charge in [-0.2, -0.15) is 4.31 Å². The van der Waals surface area contributed by atoms with Gasteiger partial charge >= 0.3 is 5.97 Å². The lowest BCUT2D eigenvalue weighted by Gasteiger charge is -2.18. The fourth-order valence-electron chi connectivity index (χ4n) is 1.73. The molecule has 0 heterocycles. The van der Waals surface area contributed by atoms with Gasteiger partial charge in [0.05, 0.1) is 4.90 Å². The van der Waals surface area contributed by atoms with Crippen molar-refractivity contribution in [2.45, 2.75) is 31.3 Å². The van der Waals surface area contributed by atoms with Gasteiger partial charge in [0.2, 0.25) is 10.0 Å². The third-order valence-corrected chi connectivity index (χ3v) is 4.92. The van der Waals surface area contributed by atoms with Crippen LogP contribution in [0, 0.1) is 5.82 Å². The lowest BCUT2D eigenvalue weighted by atomic mass is 10.3. The van der Waals surface area contributed by atoms with Gasteiger partial charge in [-0.15, -0.1) is 0 Å². The average Bonchev–Trinajstić information content (AvgIpc) is 2.52. The van der Waals surface area contributed by atoms with E-state index in [-0.39, 0.29) is 4.90 Å². The Morgan fingerprint density at radius 2 is 1.88 bits per heavy atom. The smallest absolute Gasteiger partial charge is 0.322 e. The lowest BCUT2D eigenvalue weighted by Crippen LogP contribution is -2.39. The van der Waals surface area contributed by atoms with E-state index in [0.717, 1.165) is 35.0 Å². The molecule has 0 radical (unpaired) electrons. The van der Waals surface area contributed by atoms with E-state index in [4.69, 9.17) is 4.74 Å². The Balaban J connectivity index is 2.66. The van der Waals surface area contributed by atoms with Gasteiger partial charge in [0.25, 0.3) is 5.91 Å². The Kier molecular flexibility index (Phi) is 7.30. The van der Waals surface area contributed by atoms with Crippen molar-refractivity contribution in [1.29, 1.82) is 0 Å². The number of hydrogen-bond donors (Lipinski definition) is 1. The summed E-state index contributed by atoms with van der Waals surface area (Å²) in [4.78, 5) is 23.3. The summed E-state index contributed by atoms with van der Waals surface area (Å²) in [6, 6.07) is 4.24. The van der Waals surface area contributed by atoms with E-state index in [1.54, 1.807) is 0 Å². The minimum atomic E-state index is -3.96. The molecule has 0 saturated heterocycles. The number of amides is 1. The summed E-state index contributed by atoms with van der Waals surface area (Å²) < 4.78 is 43.1. The number of benzene rings is 1. The molecule has 134 valence electrons. The summed E-state index contributed by atoms with van der Waals surface area (Å²) in [5, 5.41) is 2.57. The summed E-state index contributed by atoms with van der Waals surface area (Å²) in [6.07, 6.45) is -0.281. The Morgan fingerprint density at radius 1 is 1.29 bits per heavy atom. The van der Waals surface area contributed by atoms with Crippen molar-refractivity contribution in [3.63, 3.8) is 0 Å². The molecule has 0 aromatic heterocycles. The predicted octanol–water partition coefficient (Wildman–Crippen LogP) is 0.904. The van der Waals surface area contributed by atoms with Crippen molar-refractivity contribution in [2.75, 3.05) is 20.1 Å². The van der Waals surface area contributed by atoms with E-state index in [0.29, 0.717) is 6.54 Å². The number of esters is 1. The highest BCUT2D eigenvalue weighted by Crippen LogP contribution is 2.14. The number of nitrogens with zero attached hydrogens (tertiary/aromatic N) is 1. The molecule has 0 bridgehead atoms. The number of halogens is 1. The zero-order valence-corrected chi connectivity index (χ0v) is 14.6. The molecule has 1 amide bonds. The van der Waals surface area contributed by atoms with E-state index in [2.05, 4.69) is 5.32 Å². The molecule has 7 nitrogen and oxygen atoms in total. The van der Waals surface area contributed by atoms with Gasteiger partial charge in [-0.25, -0.2) is 12.8 Å². The number of carbonyl (C=O) groups excluding carboxylic acids is 2. The van der Waals surface area contributed by atoms with Gasteiger partial charge < -0.3 is 10.1 Å². The predicted molar refractivity (Wildman–Crippen MR) is 85.1 cm³/mol. The third kappa shape index (κ3) is 5.57. The highest BCUT2D eigenvalue weighted by atomic mass is 32.2. The first-order valence-corrected chi connectivity index (χ1v) is 8.81. The van der Waals surface area contributed by atoms with Crippen LogP contribution in [0.1, 0.15) is 20.3 Å². The van der Waals surface area contributed by atoms with Gasteiger partial charge in [0.15, 0.2) is 6.10 Å². The molecular weight excluding hydrogens is 339 g/mol. The first kappa shape index (κ1) is 20.0.